The number of hydrogen-bond acceptors (Lipinski definition) is 2. The van der Waals surface area contributed by atoms with Crippen LogP contribution < -0.4 is 5.32 Å². The van der Waals surface area contributed by atoms with E-state index in [9.17, 15) is 4.39 Å². The van der Waals surface area contributed by atoms with Crippen LogP contribution in [-0.2, 0) is 6.54 Å². The first-order valence-corrected chi connectivity index (χ1v) is 6.38. The van der Waals surface area contributed by atoms with Gasteiger partial charge in [-0.3, -0.25) is 0 Å². The second-order valence-corrected chi connectivity index (χ2v) is 5.37. The maximum Gasteiger partial charge on any atom is 0.170 e. The van der Waals surface area contributed by atoms with Crippen LogP contribution in [0.4, 0.5) is 4.39 Å². The first-order valence-electron chi connectivity index (χ1n) is 5.59. The number of halogens is 2. The fourth-order valence-electron chi connectivity index (χ4n) is 1.76. The third-order valence-electron chi connectivity index (χ3n) is 2.73. The lowest BCUT2D eigenvalue weighted by atomic mass is 10.1. The van der Waals surface area contributed by atoms with Crippen LogP contribution in [0.25, 0.3) is 11.0 Å². The predicted octanol–water partition coefficient (Wildman–Crippen LogP) is 4.14. The van der Waals surface area contributed by atoms with Gasteiger partial charge in [-0.25, -0.2) is 4.39 Å². The van der Waals surface area contributed by atoms with E-state index in [0.29, 0.717) is 18.2 Å². The Kier molecular flexibility index (Phi) is 3.54. The summed E-state index contributed by atoms with van der Waals surface area (Å²) in [6.07, 6.45) is 0. The summed E-state index contributed by atoms with van der Waals surface area (Å²) >= 11 is 3.29. The van der Waals surface area contributed by atoms with Crippen LogP contribution in [0.15, 0.2) is 21.0 Å². The molecule has 0 fully saturated rings. The van der Waals surface area contributed by atoms with E-state index >= 15 is 0 Å². The molecule has 0 aliphatic heterocycles. The summed E-state index contributed by atoms with van der Waals surface area (Å²) in [5, 5.41) is 4.10. The molecule has 1 N–H and O–H groups in total. The van der Waals surface area contributed by atoms with Crippen molar-refractivity contribution in [3.63, 3.8) is 0 Å². The van der Waals surface area contributed by atoms with Crippen LogP contribution in [0.3, 0.4) is 0 Å². The summed E-state index contributed by atoms with van der Waals surface area (Å²) in [6.45, 7) is 6.70. The maximum atomic E-state index is 13.7. The van der Waals surface area contributed by atoms with Crippen LogP contribution in [0.1, 0.15) is 25.2 Å². The van der Waals surface area contributed by atoms with Crippen LogP contribution in [-0.4, -0.2) is 6.04 Å². The lowest BCUT2D eigenvalue weighted by Gasteiger charge is -2.05. The third-order valence-corrected chi connectivity index (χ3v) is 3.18. The molecular weight excluding hydrogens is 285 g/mol. The lowest BCUT2D eigenvalue weighted by Crippen LogP contribution is -2.21. The zero-order valence-corrected chi connectivity index (χ0v) is 11.7. The standard InChI is InChI=1S/C13H15BrFNO/c1-7(2)16-6-12-8(3)10-4-9(14)5-11(15)13(10)17-12/h4-5,7,16H,6H2,1-3H3. The molecule has 0 saturated heterocycles. The Morgan fingerprint density at radius 3 is 2.76 bits per heavy atom. The number of fused-ring (bicyclic) bond motifs is 1. The molecule has 1 aromatic heterocycles. The minimum absolute atomic E-state index is 0.326. The van der Waals surface area contributed by atoms with Crippen molar-refractivity contribution in [2.45, 2.75) is 33.4 Å². The molecule has 2 nitrogen and oxygen atoms in total. The molecule has 2 rings (SSSR count). The van der Waals surface area contributed by atoms with E-state index in [4.69, 9.17) is 4.42 Å². The van der Waals surface area contributed by atoms with Gasteiger partial charge in [0.15, 0.2) is 11.4 Å². The molecule has 0 unspecified atom stereocenters. The van der Waals surface area contributed by atoms with Crippen molar-refractivity contribution in [2.75, 3.05) is 0 Å². The highest BCUT2D eigenvalue weighted by atomic mass is 79.9. The molecule has 0 saturated carbocycles. The highest BCUT2D eigenvalue weighted by Crippen LogP contribution is 2.30. The molecule has 0 atom stereocenters. The van der Waals surface area contributed by atoms with Crippen molar-refractivity contribution in [2.24, 2.45) is 0 Å². The van der Waals surface area contributed by atoms with Gasteiger partial charge in [-0.15, -0.1) is 0 Å². The van der Waals surface area contributed by atoms with Gasteiger partial charge in [0.05, 0.1) is 6.54 Å². The van der Waals surface area contributed by atoms with Crippen LogP contribution in [0.2, 0.25) is 0 Å². The monoisotopic (exact) mass is 299 g/mol. The fourth-order valence-corrected chi connectivity index (χ4v) is 2.19. The van der Waals surface area contributed by atoms with E-state index in [1.165, 1.54) is 6.07 Å². The molecule has 92 valence electrons. The van der Waals surface area contributed by atoms with Crippen LogP contribution in [0.5, 0.6) is 0 Å². The molecule has 0 spiro atoms. The van der Waals surface area contributed by atoms with E-state index in [-0.39, 0.29) is 5.82 Å². The first-order chi connectivity index (χ1) is 7.99. The Morgan fingerprint density at radius 2 is 2.12 bits per heavy atom. The summed E-state index contributed by atoms with van der Waals surface area (Å²) in [5.41, 5.74) is 1.33. The summed E-state index contributed by atoms with van der Waals surface area (Å²) in [6, 6.07) is 3.68. The first kappa shape index (κ1) is 12.6. The Morgan fingerprint density at radius 1 is 1.41 bits per heavy atom. The van der Waals surface area contributed by atoms with E-state index in [1.54, 1.807) is 0 Å². The zero-order chi connectivity index (χ0) is 12.6. The lowest BCUT2D eigenvalue weighted by molar-refractivity contribution is 0.473. The third kappa shape index (κ3) is 2.53. The Balaban J connectivity index is 2.45. The molecule has 0 amide bonds. The molecule has 0 aliphatic carbocycles. The normalized spacial score (nSPS) is 11.6. The van der Waals surface area contributed by atoms with Gasteiger partial charge in [-0.05, 0) is 24.6 Å². The fraction of sp³-hybridized carbons (Fsp3) is 0.385. The highest BCUT2D eigenvalue weighted by molar-refractivity contribution is 9.10. The summed E-state index contributed by atoms with van der Waals surface area (Å²) in [7, 11) is 0. The van der Waals surface area contributed by atoms with Crippen LogP contribution >= 0.6 is 15.9 Å². The van der Waals surface area contributed by atoms with Gasteiger partial charge in [0.25, 0.3) is 0 Å². The molecule has 0 bridgehead atoms. The van der Waals surface area contributed by atoms with Crippen molar-refractivity contribution in [3.8, 4) is 0 Å². The quantitative estimate of drug-likeness (QED) is 0.921. The maximum absolute atomic E-state index is 13.7. The zero-order valence-electron chi connectivity index (χ0n) is 10.1. The molecule has 0 aliphatic rings. The molecule has 1 aromatic carbocycles. The average molecular weight is 300 g/mol. The number of hydrogen-bond donors (Lipinski definition) is 1. The number of nitrogens with one attached hydrogen (secondary N) is 1. The second kappa shape index (κ2) is 4.78. The molecule has 4 heteroatoms. The summed E-state index contributed by atoms with van der Waals surface area (Å²) < 4.78 is 20.0. The van der Waals surface area contributed by atoms with E-state index in [0.717, 1.165) is 21.2 Å². The highest BCUT2D eigenvalue weighted by Gasteiger charge is 2.14. The van der Waals surface area contributed by atoms with E-state index in [2.05, 4.69) is 35.1 Å². The molecular formula is C13H15BrFNO. The number of rotatable bonds is 3. The smallest absolute Gasteiger partial charge is 0.170 e. The predicted molar refractivity (Wildman–Crippen MR) is 70.6 cm³/mol. The van der Waals surface area contributed by atoms with Crippen molar-refractivity contribution in [1.29, 1.82) is 0 Å². The van der Waals surface area contributed by atoms with Gasteiger partial charge in [-0.1, -0.05) is 29.8 Å². The summed E-state index contributed by atoms with van der Waals surface area (Å²) in [5.74, 6) is 0.471. The Bertz CT molecular complexity index is 548. The van der Waals surface area contributed by atoms with Gasteiger partial charge >= 0.3 is 0 Å². The van der Waals surface area contributed by atoms with E-state index in [1.807, 2.05) is 13.0 Å². The van der Waals surface area contributed by atoms with Crippen molar-refractivity contribution in [3.05, 3.63) is 33.7 Å². The average Bonchev–Trinajstić information content (AvgIpc) is 2.54. The minimum atomic E-state index is -0.326. The van der Waals surface area contributed by atoms with Crippen LogP contribution in [0, 0.1) is 12.7 Å². The Hall–Kier alpha value is -0.870. The molecule has 1 heterocycles. The second-order valence-electron chi connectivity index (χ2n) is 4.45. The van der Waals surface area contributed by atoms with Crippen molar-refractivity contribution in [1.82, 2.24) is 5.32 Å². The minimum Gasteiger partial charge on any atom is -0.456 e. The number of aryl methyl sites for hydroxylation is 1. The number of benzene rings is 1. The van der Waals surface area contributed by atoms with Crippen molar-refractivity contribution < 1.29 is 8.81 Å². The molecule has 17 heavy (non-hydrogen) atoms. The SMILES string of the molecule is Cc1c(CNC(C)C)oc2c(F)cc(Br)cc12. The van der Waals surface area contributed by atoms with Crippen molar-refractivity contribution >= 4 is 26.9 Å². The van der Waals surface area contributed by atoms with Gasteiger partial charge in [0.2, 0.25) is 0 Å². The van der Waals surface area contributed by atoms with Gasteiger partial charge in [0.1, 0.15) is 5.76 Å². The largest absolute Gasteiger partial charge is 0.456 e. The topological polar surface area (TPSA) is 25.2 Å². The Labute approximate surface area is 108 Å². The van der Waals surface area contributed by atoms with Gasteiger partial charge < -0.3 is 9.73 Å². The van der Waals surface area contributed by atoms with Gasteiger partial charge in [-0.2, -0.15) is 0 Å². The number of furan rings is 1. The van der Waals surface area contributed by atoms with Gasteiger partial charge in [0, 0.05) is 15.9 Å². The summed E-state index contributed by atoms with van der Waals surface area (Å²) in [4.78, 5) is 0. The molecule has 0 radical (unpaired) electrons. The molecule has 2 aromatic rings. The van der Waals surface area contributed by atoms with E-state index < -0.39 is 0 Å².